The van der Waals surface area contributed by atoms with Crippen LogP contribution in [0.2, 0.25) is 5.02 Å². The van der Waals surface area contributed by atoms with Crippen molar-refractivity contribution in [2.75, 3.05) is 41.7 Å². The molecule has 2 aromatic rings. The average Bonchev–Trinajstić information content (AvgIpc) is 2.49. The van der Waals surface area contributed by atoms with E-state index in [2.05, 4.69) is 24.8 Å². The zero-order valence-electron chi connectivity index (χ0n) is 10.9. The van der Waals surface area contributed by atoms with E-state index in [-0.39, 0.29) is 0 Å². The third-order valence-corrected chi connectivity index (χ3v) is 3.50. The molecule has 2 aromatic heterocycles. The Kier molecular flexibility index (Phi) is 3.56. The molecule has 1 aliphatic rings. The second kappa shape index (κ2) is 5.50. The van der Waals surface area contributed by atoms with Gasteiger partial charge in [-0.2, -0.15) is 0 Å². The quantitative estimate of drug-likeness (QED) is 0.902. The van der Waals surface area contributed by atoms with E-state index in [1.807, 2.05) is 18.3 Å². The van der Waals surface area contributed by atoms with Crippen molar-refractivity contribution in [1.29, 1.82) is 0 Å². The Labute approximate surface area is 122 Å². The smallest absolute Gasteiger partial charge is 0.225 e. The van der Waals surface area contributed by atoms with Gasteiger partial charge in [0.1, 0.15) is 5.82 Å². The predicted molar refractivity (Wildman–Crippen MR) is 80.1 cm³/mol. The Hall–Kier alpha value is -2.08. The van der Waals surface area contributed by atoms with Crippen LogP contribution in [0, 0.1) is 0 Å². The number of hydrogen-bond donors (Lipinski definition) is 1. The highest BCUT2D eigenvalue weighted by Gasteiger charge is 2.19. The zero-order valence-corrected chi connectivity index (χ0v) is 11.7. The van der Waals surface area contributed by atoms with Crippen LogP contribution in [-0.4, -0.2) is 41.1 Å². The molecule has 7 heteroatoms. The standard InChI is InChI=1S/C13H15ClN6/c14-10-7-17-13(18-8-10)20-5-3-19(4-6-20)11-1-2-12(15)16-9-11/h1-2,7-9H,3-6H2,(H2,15,16). The molecule has 0 aliphatic carbocycles. The van der Waals surface area contributed by atoms with Crippen LogP contribution in [0.5, 0.6) is 0 Å². The lowest BCUT2D eigenvalue weighted by molar-refractivity contribution is 0.639. The molecule has 1 aliphatic heterocycles. The molecule has 0 spiro atoms. The lowest BCUT2D eigenvalue weighted by Crippen LogP contribution is -2.47. The Bertz CT molecular complexity index is 509. The van der Waals surface area contributed by atoms with Crippen LogP contribution in [0.4, 0.5) is 17.5 Å². The van der Waals surface area contributed by atoms with Crippen molar-refractivity contribution >= 4 is 29.1 Å². The minimum Gasteiger partial charge on any atom is -0.384 e. The first-order valence-corrected chi connectivity index (χ1v) is 6.79. The van der Waals surface area contributed by atoms with E-state index in [0.717, 1.165) is 37.8 Å². The van der Waals surface area contributed by atoms with Crippen LogP contribution in [0.15, 0.2) is 30.7 Å². The van der Waals surface area contributed by atoms with Gasteiger partial charge in [-0.05, 0) is 12.1 Å². The molecular formula is C13H15ClN6. The third kappa shape index (κ3) is 2.75. The van der Waals surface area contributed by atoms with E-state index in [0.29, 0.717) is 10.8 Å². The van der Waals surface area contributed by atoms with Crippen LogP contribution in [0.25, 0.3) is 0 Å². The number of nitrogen functional groups attached to an aromatic ring is 1. The highest BCUT2D eigenvalue weighted by atomic mass is 35.5. The molecule has 2 N–H and O–H groups in total. The van der Waals surface area contributed by atoms with Gasteiger partial charge in [0.15, 0.2) is 0 Å². The number of pyridine rings is 1. The minimum absolute atomic E-state index is 0.543. The molecule has 1 saturated heterocycles. The summed E-state index contributed by atoms with van der Waals surface area (Å²) in [6.07, 6.45) is 5.06. The Morgan fingerprint density at radius 3 is 2.15 bits per heavy atom. The number of piperazine rings is 1. The maximum atomic E-state index is 5.80. The van der Waals surface area contributed by atoms with E-state index in [1.54, 1.807) is 12.4 Å². The first-order chi connectivity index (χ1) is 9.72. The van der Waals surface area contributed by atoms with Crippen molar-refractivity contribution in [2.45, 2.75) is 0 Å². The van der Waals surface area contributed by atoms with Crippen LogP contribution in [-0.2, 0) is 0 Å². The molecule has 0 saturated carbocycles. The molecule has 1 fully saturated rings. The van der Waals surface area contributed by atoms with E-state index >= 15 is 0 Å². The number of anilines is 3. The van der Waals surface area contributed by atoms with E-state index in [4.69, 9.17) is 17.3 Å². The third-order valence-electron chi connectivity index (χ3n) is 3.31. The fraction of sp³-hybridized carbons (Fsp3) is 0.308. The second-order valence-corrected chi connectivity index (χ2v) is 5.05. The summed E-state index contributed by atoms with van der Waals surface area (Å²) in [7, 11) is 0. The molecule has 104 valence electrons. The Morgan fingerprint density at radius 2 is 1.55 bits per heavy atom. The molecule has 3 rings (SSSR count). The van der Waals surface area contributed by atoms with Crippen molar-refractivity contribution in [3.63, 3.8) is 0 Å². The number of aromatic nitrogens is 3. The number of rotatable bonds is 2. The summed E-state index contributed by atoms with van der Waals surface area (Å²) in [6.45, 7) is 3.53. The molecule has 3 heterocycles. The first kappa shape index (κ1) is 12.9. The van der Waals surface area contributed by atoms with Crippen molar-refractivity contribution in [1.82, 2.24) is 15.0 Å². The summed E-state index contributed by atoms with van der Waals surface area (Å²) < 4.78 is 0. The van der Waals surface area contributed by atoms with Gasteiger partial charge in [0, 0.05) is 26.2 Å². The fourth-order valence-corrected chi connectivity index (χ4v) is 2.32. The molecular weight excluding hydrogens is 276 g/mol. The largest absolute Gasteiger partial charge is 0.384 e. The lowest BCUT2D eigenvalue weighted by Gasteiger charge is -2.35. The highest BCUT2D eigenvalue weighted by molar-refractivity contribution is 6.30. The van der Waals surface area contributed by atoms with Crippen LogP contribution < -0.4 is 15.5 Å². The maximum absolute atomic E-state index is 5.80. The van der Waals surface area contributed by atoms with Crippen LogP contribution >= 0.6 is 11.6 Å². The summed E-state index contributed by atoms with van der Waals surface area (Å²) in [6, 6.07) is 3.82. The molecule has 0 unspecified atom stereocenters. The summed E-state index contributed by atoms with van der Waals surface area (Å²) in [5.41, 5.74) is 6.69. The highest BCUT2D eigenvalue weighted by Crippen LogP contribution is 2.18. The predicted octanol–water partition coefficient (Wildman–Crippen LogP) is 1.43. The van der Waals surface area contributed by atoms with Crippen LogP contribution in [0.1, 0.15) is 0 Å². The van der Waals surface area contributed by atoms with E-state index in [9.17, 15) is 0 Å². The lowest BCUT2D eigenvalue weighted by atomic mass is 10.3. The molecule has 0 bridgehead atoms. The van der Waals surface area contributed by atoms with Gasteiger partial charge in [0.2, 0.25) is 5.95 Å². The van der Waals surface area contributed by atoms with Crippen molar-refractivity contribution in [3.05, 3.63) is 35.7 Å². The molecule has 0 atom stereocenters. The zero-order chi connectivity index (χ0) is 13.9. The van der Waals surface area contributed by atoms with Crippen molar-refractivity contribution in [3.8, 4) is 0 Å². The maximum Gasteiger partial charge on any atom is 0.225 e. The minimum atomic E-state index is 0.543. The number of halogens is 1. The van der Waals surface area contributed by atoms with Gasteiger partial charge in [-0.15, -0.1) is 0 Å². The second-order valence-electron chi connectivity index (χ2n) is 4.62. The van der Waals surface area contributed by atoms with Gasteiger partial charge in [0.05, 0.1) is 29.3 Å². The summed E-state index contributed by atoms with van der Waals surface area (Å²) in [4.78, 5) is 17.0. The normalized spacial score (nSPS) is 15.4. The fourth-order valence-electron chi connectivity index (χ4n) is 2.22. The van der Waals surface area contributed by atoms with E-state index in [1.165, 1.54) is 0 Å². The van der Waals surface area contributed by atoms with Crippen molar-refractivity contribution < 1.29 is 0 Å². The monoisotopic (exact) mass is 290 g/mol. The van der Waals surface area contributed by atoms with Gasteiger partial charge in [-0.3, -0.25) is 0 Å². The van der Waals surface area contributed by atoms with Crippen LogP contribution in [0.3, 0.4) is 0 Å². The average molecular weight is 291 g/mol. The summed E-state index contributed by atoms with van der Waals surface area (Å²) in [5, 5.41) is 0.556. The topological polar surface area (TPSA) is 71.2 Å². The van der Waals surface area contributed by atoms with Gasteiger partial charge < -0.3 is 15.5 Å². The Balaban J connectivity index is 1.64. The molecule has 20 heavy (non-hydrogen) atoms. The van der Waals surface area contributed by atoms with E-state index < -0.39 is 0 Å². The number of nitrogens with two attached hydrogens (primary N) is 1. The molecule has 0 aromatic carbocycles. The Morgan fingerprint density at radius 1 is 0.900 bits per heavy atom. The van der Waals surface area contributed by atoms with Gasteiger partial charge in [-0.1, -0.05) is 11.6 Å². The summed E-state index contributed by atoms with van der Waals surface area (Å²) >= 11 is 5.80. The first-order valence-electron chi connectivity index (χ1n) is 6.41. The molecule has 6 nitrogen and oxygen atoms in total. The van der Waals surface area contributed by atoms with Crippen molar-refractivity contribution in [2.24, 2.45) is 0 Å². The van der Waals surface area contributed by atoms with Gasteiger partial charge in [-0.25, -0.2) is 15.0 Å². The molecule has 0 amide bonds. The number of nitrogens with zero attached hydrogens (tertiary/aromatic N) is 5. The number of hydrogen-bond acceptors (Lipinski definition) is 6. The SMILES string of the molecule is Nc1ccc(N2CCN(c3ncc(Cl)cn3)CC2)cn1. The van der Waals surface area contributed by atoms with Gasteiger partial charge in [0.25, 0.3) is 0 Å². The molecule has 0 radical (unpaired) electrons. The van der Waals surface area contributed by atoms with Gasteiger partial charge >= 0.3 is 0 Å². The summed E-state index contributed by atoms with van der Waals surface area (Å²) in [5.74, 6) is 1.27.